The van der Waals surface area contributed by atoms with Gasteiger partial charge in [-0.25, -0.2) is 4.39 Å². The number of nitrogens with one attached hydrogen (secondary N) is 1. The molecule has 0 fully saturated rings. The normalized spacial score (nSPS) is 10.7. The minimum absolute atomic E-state index is 0.139. The smallest absolute Gasteiger partial charge is 0.274 e. The molecule has 1 aromatic heterocycles. The molecule has 4 nitrogen and oxygen atoms in total. The van der Waals surface area contributed by atoms with Gasteiger partial charge in [-0.3, -0.25) is 9.78 Å². The molecule has 0 saturated heterocycles. The highest BCUT2D eigenvalue weighted by Crippen LogP contribution is 2.21. The second kappa shape index (κ2) is 8.45. The van der Waals surface area contributed by atoms with Crippen molar-refractivity contribution in [1.82, 2.24) is 4.98 Å². The highest BCUT2D eigenvalue weighted by Gasteiger charge is 2.15. The molecule has 0 aliphatic rings. The van der Waals surface area contributed by atoms with Crippen LogP contribution in [0, 0.1) is 5.82 Å². The number of halogens is 1. The number of para-hydroxylation sites is 1. The van der Waals surface area contributed by atoms with E-state index < -0.39 is 11.7 Å². The number of anilines is 2. The maximum atomic E-state index is 13.8. The Morgan fingerprint density at radius 3 is 2.48 bits per heavy atom. The fraction of sp³-hybridized carbons (Fsp3) is 0.182. The van der Waals surface area contributed by atoms with E-state index in [9.17, 15) is 9.18 Å². The fourth-order valence-electron chi connectivity index (χ4n) is 2.82. The predicted octanol–water partition coefficient (Wildman–Crippen LogP) is 4.89. The maximum absolute atomic E-state index is 13.8. The molecule has 27 heavy (non-hydrogen) atoms. The van der Waals surface area contributed by atoms with E-state index in [0.717, 1.165) is 12.2 Å². The third kappa shape index (κ3) is 4.70. The monoisotopic (exact) mass is 363 g/mol. The predicted molar refractivity (Wildman–Crippen MR) is 106 cm³/mol. The van der Waals surface area contributed by atoms with Crippen LogP contribution in [-0.2, 0) is 6.54 Å². The van der Waals surface area contributed by atoms with Crippen LogP contribution in [0.15, 0.2) is 72.9 Å². The number of nitrogens with zero attached hydrogens (tertiary/aromatic N) is 2. The van der Waals surface area contributed by atoms with Crippen molar-refractivity contribution < 1.29 is 9.18 Å². The summed E-state index contributed by atoms with van der Waals surface area (Å²) in [5, 5.41) is 2.58. The molecule has 0 aliphatic heterocycles. The summed E-state index contributed by atoms with van der Waals surface area (Å²) < 4.78 is 13.8. The van der Waals surface area contributed by atoms with Crippen molar-refractivity contribution >= 4 is 17.3 Å². The summed E-state index contributed by atoms with van der Waals surface area (Å²) in [7, 11) is 0. The van der Waals surface area contributed by atoms with Gasteiger partial charge in [0.15, 0.2) is 0 Å². The van der Waals surface area contributed by atoms with Gasteiger partial charge in [-0.2, -0.15) is 0 Å². The van der Waals surface area contributed by atoms with Crippen molar-refractivity contribution in [3.05, 3.63) is 90.0 Å². The number of carbonyl (C=O) groups is 1. The van der Waals surface area contributed by atoms with Crippen LogP contribution in [0.4, 0.5) is 15.8 Å². The van der Waals surface area contributed by atoms with Crippen LogP contribution in [0.3, 0.4) is 0 Å². The molecule has 5 heteroatoms. The third-order valence-electron chi connectivity index (χ3n) is 4.25. The Morgan fingerprint density at radius 2 is 1.78 bits per heavy atom. The first kappa shape index (κ1) is 18.6. The second-order valence-corrected chi connectivity index (χ2v) is 6.54. The summed E-state index contributed by atoms with van der Waals surface area (Å²) in [5.41, 5.74) is 2.46. The molecule has 1 N–H and O–H groups in total. The zero-order valence-corrected chi connectivity index (χ0v) is 15.4. The van der Waals surface area contributed by atoms with Crippen LogP contribution in [0.25, 0.3) is 0 Å². The van der Waals surface area contributed by atoms with Crippen LogP contribution >= 0.6 is 0 Å². The first-order chi connectivity index (χ1) is 13.0. The molecule has 0 unspecified atom stereocenters. The Hall–Kier alpha value is -3.21. The van der Waals surface area contributed by atoms with Gasteiger partial charge in [-0.15, -0.1) is 0 Å². The number of rotatable bonds is 6. The number of hydrogen-bond acceptors (Lipinski definition) is 3. The molecular weight excluding hydrogens is 341 g/mol. The lowest BCUT2D eigenvalue weighted by Crippen LogP contribution is -2.30. The molecule has 2 aromatic carbocycles. The quantitative estimate of drug-likeness (QED) is 0.678. The molecule has 0 atom stereocenters. The molecule has 3 rings (SSSR count). The minimum atomic E-state index is -0.477. The van der Waals surface area contributed by atoms with E-state index in [2.05, 4.69) is 41.2 Å². The Labute approximate surface area is 158 Å². The summed E-state index contributed by atoms with van der Waals surface area (Å²) in [4.78, 5) is 18.9. The highest BCUT2D eigenvalue weighted by molar-refractivity contribution is 6.03. The van der Waals surface area contributed by atoms with Crippen molar-refractivity contribution in [2.24, 2.45) is 0 Å². The van der Waals surface area contributed by atoms with E-state index in [1.165, 1.54) is 17.7 Å². The minimum Gasteiger partial charge on any atom is -0.365 e. The van der Waals surface area contributed by atoms with E-state index in [1.54, 1.807) is 24.4 Å². The lowest BCUT2D eigenvalue weighted by atomic mass is 10.1. The molecule has 0 radical (unpaired) electrons. The van der Waals surface area contributed by atoms with Gasteiger partial charge >= 0.3 is 0 Å². The number of benzene rings is 2. The average molecular weight is 363 g/mol. The van der Waals surface area contributed by atoms with Crippen LogP contribution in [0.1, 0.15) is 29.9 Å². The van der Waals surface area contributed by atoms with Crippen LogP contribution in [-0.4, -0.2) is 16.9 Å². The van der Waals surface area contributed by atoms with E-state index in [4.69, 9.17) is 0 Å². The Kier molecular flexibility index (Phi) is 5.81. The van der Waals surface area contributed by atoms with E-state index >= 15 is 0 Å². The number of carbonyl (C=O) groups excluding carboxylic acids is 1. The van der Waals surface area contributed by atoms with E-state index in [0.29, 0.717) is 0 Å². The second-order valence-electron chi connectivity index (χ2n) is 6.54. The molecule has 0 bridgehead atoms. The van der Waals surface area contributed by atoms with Gasteiger partial charge in [-0.1, -0.05) is 42.5 Å². The van der Waals surface area contributed by atoms with Gasteiger partial charge in [0.1, 0.15) is 11.5 Å². The van der Waals surface area contributed by atoms with Gasteiger partial charge in [0.25, 0.3) is 5.91 Å². The number of amides is 1. The topological polar surface area (TPSA) is 45.2 Å². The molecule has 0 saturated carbocycles. The van der Waals surface area contributed by atoms with E-state index in [1.807, 2.05) is 24.3 Å². The molecule has 1 amide bonds. The summed E-state index contributed by atoms with van der Waals surface area (Å²) in [6.07, 6.45) is 1.60. The lowest BCUT2D eigenvalue weighted by molar-refractivity contribution is 0.102. The van der Waals surface area contributed by atoms with Gasteiger partial charge in [0.2, 0.25) is 0 Å². The maximum Gasteiger partial charge on any atom is 0.274 e. The van der Waals surface area contributed by atoms with Gasteiger partial charge in [-0.05, 0) is 43.7 Å². The Morgan fingerprint density at radius 1 is 1.07 bits per heavy atom. The number of pyridine rings is 1. The van der Waals surface area contributed by atoms with Crippen molar-refractivity contribution in [3.63, 3.8) is 0 Å². The van der Waals surface area contributed by atoms with Gasteiger partial charge in [0, 0.05) is 24.5 Å². The first-order valence-corrected chi connectivity index (χ1v) is 8.87. The molecule has 0 aliphatic carbocycles. The summed E-state index contributed by atoms with van der Waals surface area (Å²) in [6.45, 7) is 4.92. The van der Waals surface area contributed by atoms with Crippen molar-refractivity contribution in [1.29, 1.82) is 0 Å². The van der Waals surface area contributed by atoms with Crippen LogP contribution in [0.5, 0.6) is 0 Å². The summed E-state index contributed by atoms with van der Waals surface area (Å²) in [6, 6.07) is 20.1. The summed E-state index contributed by atoms with van der Waals surface area (Å²) in [5.74, 6) is -0.916. The first-order valence-electron chi connectivity index (χ1n) is 8.87. The van der Waals surface area contributed by atoms with Crippen molar-refractivity contribution in [3.8, 4) is 0 Å². The van der Waals surface area contributed by atoms with Crippen molar-refractivity contribution in [2.45, 2.75) is 26.4 Å². The van der Waals surface area contributed by atoms with Crippen LogP contribution < -0.4 is 10.2 Å². The van der Waals surface area contributed by atoms with Crippen molar-refractivity contribution in [2.75, 3.05) is 10.2 Å². The highest BCUT2D eigenvalue weighted by atomic mass is 19.1. The zero-order valence-electron chi connectivity index (χ0n) is 15.4. The lowest BCUT2D eigenvalue weighted by Gasteiger charge is -2.29. The molecule has 0 spiro atoms. The van der Waals surface area contributed by atoms with Crippen LogP contribution in [0.2, 0.25) is 0 Å². The zero-order chi connectivity index (χ0) is 19.2. The molecule has 138 valence electrons. The number of hydrogen-bond donors (Lipinski definition) is 1. The summed E-state index contributed by atoms with van der Waals surface area (Å²) >= 11 is 0. The molecule has 1 heterocycles. The molecule has 3 aromatic rings. The van der Waals surface area contributed by atoms with E-state index in [-0.39, 0.29) is 17.4 Å². The van der Waals surface area contributed by atoms with Gasteiger partial charge < -0.3 is 10.2 Å². The largest absolute Gasteiger partial charge is 0.365 e. The Balaban J connectivity index is 1.82. The third-order valence-corrected chi connectivity index (χ3v) is 4.25. The van der Waals surface area contributed by atoms with Gasteiger partial charge in [0.05, 0.1) is 5.69 Å². The average Bonchev–Trinajstić information content (AvgIpc) is 2.68. The standard InChI is InChI=1S/C22H22FN3O/c1-16(2)26(15-17-8-4-3-5-9-17)18-12-13-24-21(14-18)22(27)25-20-11-7-6-10-19(20)23/h3-14,16H,15H2,1-2H3,(H,25,27). The SMILES string of the molecule is CC(C)N(Cc1ccccc1)c1ccnc(C(=O)Nc2ccccc2F)c1. The Bertz CT molecular complexity index is 912. The number of aromatic nitrogens is 1. The fourth-order valence-corrected chi connectivity index (χ4v) is 2.82. The molecular formula is C22H22FN3O.